The van der Waals surface area contributed by atoms with Crippen LogP contribution in [0.1, 0.15) is 30.3 Å². The molecule has 1 atom stereocenters. The first kappa shape index (κ1) is 24.3. The second-order valence-electron chi connectivity index (χ2n) is 8.11. The number of benzene rings is 1. The van der Waals surface area contributed by atoms with E-state index in [1.54, 1.807) is 18.6 Å². The SMILES string of the molecule is C=CC(=O)N1CCC[C@H]1c1nc(-c2ccc(Nc3ccccn3)c(C)c2)c2c(N)nccn12.CS. The summed E-state index contributed by atoms with van der Waals surface area (Å²) < 4.78 is 1.96. The molecule has 0 spiro atoms. The molecule has 1 fully saturated rings. The van der Waals surface area contributed by atoms with Gasteiger partial charge in [-0.05, 0) is 61.9 Å². The molecule has 5 rings (SSSR count). The van der Waals surface area contributed by atoms with Gasteiger partial charge in [-0.25, -0.2) is 15.0 Å². The molecule has 1 aliphatic heterocycles. The van der Waals surface area contributed by atoms with E-state index in [0.717, 1.165) is 52.5 Å². The van der Waals surface area contributed by atoms with Crippen LogP contribution in [0.2, 0.25) is 0 Å². The zero-order valence-corrected chi connectivity index (χ0v) is 20.7. The van der Waals surface area contributed by atoms with Crippen molar-refractivity contribution < 1.29 is 4.79 Å². The third-order valence-corrected chi connectivity index (χ3v) is 6.05. The van der Waals surface area contributed by atoms with Crippen LogP contribution in [0.25, 0.3) is 16.8 Å². The maximum atomic E-state index is 12.4. The number of amides is 1. The number of nitrogens with two attached hydrogens (primary N) is 1. The van der Waals surface area contributed by atoms with Gasteiger partial charge in [-0.3, -0.25) is 9.20 Å². The molecule has 1 aliphatic rings. The molecule has 3 aromatic heterocycles. The highest BCUT2D eigenvalue weighted by Gasteiger charge is 2.33. The number of nitrogen functional groups attached to an aromatic ring is 1. The summed E-state index contributed by atoms with van der Waals surface area (Å²) in [5, 5.41) is 3.35. The Labute approximate surface area is 210 Å². The summed E-state index contributed by atoms with van der Waals surface area (Å²) in [6.07, 6.45) is 10.1. The number of nitrogens with one attached hydrogen (secondary N) is 1. The van der Waals surface area contributed by atoms with E-state index in [1.165, 1.54) is 6.08 Å². The lowest BCUT2D eigenvalue weighted by molar-refractivity contribution is -0.127. The molecule has 180 valence electrons. The Morgan fingerprint density at radius 1 is 1.23 bits per heavy atom. The summed E-state index contributed by atoms with van der Waals surface area (Å²) in [7, 11) is 0. The molecule has 0 aliphatic carbocycles. The van der Waals surface area contributed by atoms with Crippen LogP contribution in [0.4, 0.5) is 17.3 Å². The van der Waals surface area contributed by atoms with Crippen molar-refractivity contribution in [2.24, 2.45) is 0 Å². The molecule has 8 nitrogen and oxygen atoms in total. The van der Waals surface area contributed by atoms with Gasteiger partial charge in [-0.1, -0.05) is 18.7 Å². The van der Waals surface area contributed by atoms with Crippen molar-refractivity contribution in [2.45, 2.75) is 25.8 Å². The second kappa shape index (κ2) is 10.6. The number of imidazole rings is 1. The van der Waals surface area contributed by atoms with E-state index < -0.39 is 0 Å². The van der Waals surface area contributed by atoms with Crippen LogP contribution >= 0.6 is 12.6 Å². The van der Waals surface area contributed by atoms with Gasteiger partial charge in [-0.15, -0.1) is 0 Å². The summed E-state index contributed by atoms with van der Waals surface area (Å²) in [5.41, 5.74) is 10.7. The number of hydrogen-bond donors (Lipinski definition) is 3. The van der Waals surface area contributed by atoms with E-state index >= 15 is 0 Å². The Bertz CT molecular complexity index is 1350. The van der Waals surface area contributed by atoms with Gasteiger partial charge in [-0.2, -0.15) is 12.6 Å². The molecule has 0 saturated carbocycles. The van der Waals surface area contributed by atoms with Crippen LogP contribution in [0.5, 0.6) is 0 Å². The number of nitrogens with zero attached hydrogens (tertiary/aromatic N) is 5. The lowest BCUT2D eigenvalue weighted by Crippen LogP contribution is -2.29. The fraction of sp³-hybridized carbons (Fsp3) is 0.231. The molecule has 3 N–H and O–H groups in total. The third-order valence-electron chi connectivity index (χ3n) is 6.05. The minimum Gasteiger partial charge on any atom is -0.382 e. The van der Waals surface area contributed by atoms with Crippen LogP contribution in [0.3, 0.4) is 0 Å². The lowest BCUT2D eigenvalue weighted by Gasteiger charge is -2.22. The number of aromatic nitrogens is 4. The number of carbonyl (C=O) groups is 1. The van der Waals surface area contributed by atoms with Crippen LogP contribution in [0, 0.1) is 6.92 Å². The number of carbonyl (C=O) groups excluding carboxylic acids is 1. The fourth-order valence-electron chi connectivity index (χ4n) is 4.47. The van der Waals surface area contributed by atoms with E-state index in [-0.39, 0.29) is 11.9 Å². The Balaban J connectivity index is 0.00000141. The number of thiol groups is 1. The van der Waals surface area contributed by atoms with Gasteiger partial charge in [0.2, 0.25) is 5.91 Å². The molecule has 1 amide bonds. The van der Waals surface area contributed by atoms with E-state index in [9.17, 15) is 4.79 Å². The van der Waals surface area contributed by atoms with Crippen LogP contribution in [-0.2, 0) is 4.79 Å². The van der Waals surface area contributed by atoms with Crippen molar-refractivity contribution in [1.29, 1.82) is 0 Å². The Kier molecular flexibility index (Phi) is 7.36. The summed E-state index contributed by atoms with van der Waals surface area (Å²) in [6, 6.07) is 11.7. The molecular formula is C26H29N7OS. The van der Waals surface area contributed by atoms with Crippen molar-refractivity contribution in [2.75, 3.05) is 23.9 Å². The monoisotopic (exact) mass is 487 g/mol. The number of fused-ring (bicyclic) bond motifs is 1. The van der Waals surface area contributed by atoms with Crippen LogP contribution < -0.4 is 11.1 Å². The van der Waals surface area contributed by atoms with Gasteiger partial charge in [0.25, 0.3) is 0 Å². The highest BCUT2D eigenvalue weighted by molar-refractivity contribution is 7.79. The average Bonchev–Trinajstić information content (AvgIpc) is 3.52. The molecule has 0 radical (unpaired) electrons. The number of hydrogen-bond acceptors (Lipinski definition) is 7. The van der Waals surface area contributed by atoms with Crippen molar-refractivity contribution in [3.63, 3.8) is 0 Å². The molecule has 1 aromatic carbocycles. The topological polar surface area (TPSA) is 101 Å². The van der Waals surface area contributed by atoms with Crippen LogP contribution in [-0.4, -0.2) is 43.0 Å². The number of rotatable bonds is 5. The average molecular weight is 488 g/mol. The highest BCUT2D eigenvalue weighted by Crippen LogP contribution is 2.37. The maximum Gasteiger partial charge on any atom is 0.246 e. The highest BCUT2D eigenvalue weighted by atomic mass is 32.1. The van der Waals surface area contributed by atoms with Crippen LogP contribution in [0.15, 0.2) is 67.6 Å². The lowest BCUT2D eigenvalue weighted by atomic mass is 10.1. The number of likely N-dealkylation sites (tertiary alicyclic amines) is 1. The summed E-state index contributed by atoms with van der Waals surface area (Å²) in [5.74, 6) is 1.89. The number of pyridine rings is 1. The molecule has 0 bridgehead atoms. The first-order valence-electron chi connectivity index (χ1n) is 11.4. The Hall–Kier alpha value is -3.85. The maximum absolute atomic E-state index is 12.4. The van der Waals surface area contributed by atoms with Crippen molar-refractivity contribution in [3.05, 3.63) is 79.0 Å². The van der Waals surface area contributed by atoms with Crippen molar-refractivity contribution in [3.8, 4) is 11.3 Å². The van der Waals surface area contributed by atoms with Gasteiger partial charge < -0.3 is 16.0 Å². The van der Waals surface area contributed by atoms with Gasteiger partial charge in [0.1, 0.15) is 28.7 Å². The molecule has 35 heavy (non-hydrogen) atoms. The standard InChI is InChI=1S/C25H25N7O.CH4S/c1-3-21(33)31-13-6-7-19(31)25-30-22(23-24(26)28-12-14-32(23)25)17-9-10-18(16(2)15-17)29-20-8-4-5-11-27-20;1-2/h3-5,8-12,14-15,19H,1,6-7,13H2,2H3,(H2,26,28)(H,27,29);2H,1H3/t19-;/m0./s1. The molecule has 4 aromatic rings. The molecule has 9 heteroatoms. The molecule has 4 heterocycles. The van der Waals surface area contributed by atoms with Crippen molar-refractivity contribution >= 4 is 41.4 Å². The normalized spacial score (nSPS) is 14.9. The van der Waals surface area contributed by atoms with Gasteiger partial charge in [0.15, 0.2) is 0 Å². The van der Waals surface area contributed by atoms with E-state index in [1.807, 2.05) is 52.8 Å². The quantitative estimate of drug-likeness (QED) is 0.276. The summed E-state index contributed by atoms with van der Waals surface area (Å²) >= 11 is 3.53. The predicted molar refractivity (Wildman–Crippen MR) is 144 cm³/mol. The largest absolute Gasteiger partial charge is 0.382 e. The Morgan fingerprint density at radius 3 is 2.77 bits per heavy atom. The van der Waals surface area contributed by atoms with Gasteiger partial charge in [0.05, 0.1) is 6.04 Å². The second-order valence-corrected chi connectivity index (χ2v) is 8.11. The summed E-state index contributed by atoms with van der Waals surface area (Å²) in [6.45, 7) is 6.38. The number of anilines is 3. The molecular weight excluding hydrogens is 458 g/mol. The van der Waals surface area contributed by atoms with Gasteiger partial charge >= 0.3 is 0 Å². The van der Waals surface area contributed by atoms with E-state index in [0.29, 0.717) is 12.4 Å². The number of aryl methyl sites for hydroxylation is 1. The predicted octanol–water partition coefficient (Wildman–Crippen LogP) is 4.82. The molecule has 1 saturated heterocycles. The van der Waals surface area contributed by atoms with Gasteiger partial charge in [0, 0.05) is 36.4 Å². The third kappa shape index (κ3) is 4.72. The fourth-order valence-corrected chi connectivity index (χ4v) is 4.47. The van der Waals surface area contributed by atoms with Crippen molar-refractivity contribution in [1.82, 2.24) is 24.3 Å². The Morgan fingerprint density at radius 2 is 2.06 bits per heavy atom. The smallest absolute Gasteiger partial charge is 0.246 e. The van der Waals surface area contributed by atoms with E-state index in [4.69, 9.17) is 10.7 Å². The first-order chi connectivity index (χ1) is 17.1. The zero-order valence-electron chi connectivity index (χ0n) is 19.8. The minimum atomic E-state index is -0.134. The molecule has 0 unspecified atom stereocenters. The first-order valence-corrected chi connectivity index (χ1v) is 12.3. The van der Waals surface area contributed by atoms with E-state index in [2.05, 4.69) is 40.6 Å². The summed E-state index contributed by atoms with van der Waals surface area (Å²) in [4.78, 5) is 27.9. The zero-order chi connectivity index (χ0) is 24.9. The minimum absolute atomic E-state index is 0.0846.